The van der Waals surface area contributed by atoms with Crippen LogP contribution in [-0.4, -0.2) is 33.9 Å². The maximum Gasteiger partial charge on any atom is 0.148 e. The molecule has 2 aromatic rings. The first-order valence-corrected chi connectivity index (χ1v) is 7.64. The van der Waals surface area contributed by atoms with Gasteiger partial charge < -0.3 is 19.1 Å². The Hall–Kier alpha value is -2.76. The third-order valence-corrected chi connectivity index (χ3v) is 3.90. The van der Waals surface area contributed by atoms with Crippen LogP contribution in [0.3, 0.4) is 0 Å². The molecule has 0 spiro atoms. The molecular weight excluding hydrogens is 306 g/mol. The van der Waals surface area contributed by atoms with Crippen LogP contribution in [0.25, 0.3) is 0 Å². The topological polar surface area (TPSA) is 67.1 Å². The minimum atomic E-state index is 0.149. The SMILES string of the molecule is COc1ccc(OCC(C)N(C)c2ccc(N=N)c(OC)c2)cc1. The average Bonchev–Trinajstić information content (AvgIpc) is 2.65. The maximum absolute atomic E-state index is 7.14. The summed E-state index contributed by atoms with van der Waals surface area (Å²) in [6, 6.07) is 13.2. The fourth-order valence-electron chi connectivity index (χ4n) is 2.23. The van der Waals surface area contributed by atoms with Gasteiger partial charge in [-0.2, -0.15) is 5.11 Å². The molecule has 0 saturated heterocycles. The van der Waals surface area contributed by atoms with Gasteiger partial charge in [0, 0.05) is 18.8 Å². The number of hydrogen-bond acceptors (Lipinski definition) is 6. The molecule has 0 amide bonds. The fraction of sp³-hybridized carbons (Fsp3) is 0.333. The van der Waals surface area contributed by atoms with Crippen molar-refractivity contribution in [2.75, 3.05) is 32.8 Å². The lowest BCUT2D eigenvalue weighted by Gasteiger charge is -2.27. The highest BCUT2D eigenvalue weighted by molar-refractivity contribution is 5.61. The number of hydrogen-bond donors (Lipinski definition) is 1. The number of nitrogens with zero attached hydrogens (tertiary/aromatic N) is 2. The second-order valence-electron chi connectivity index (χ2n) is 5.41. The van der Waals surface area contributed by atoms with Crippen LogP contribution >= 0.6 is 0 Å². The number of nitrogens with one attached hydrogen (secondary N) is 1. The van der Waals surface area contributed by atoms with Crippen LogP contribution in [0.5, 0.6) is 17.2 Å². The van der Waals surface area contributed by atoms with E-state index in [4.69, 9.17) is 19.7 Å². The Kier molecular flexibility index (Phi) is 6.01. The van der Waals surface area contributed by atoms with Gasteiger partial charge in [-0.3, -0.25) is 0 Å². The molecule has 0 saturated carbocycles. The second-order valence-corrected chi connectivity index (χ2v) is 5.41. The molecular formula is C18H23N3O3. The zero-order chi connectivity index (χ0) is 17.5. The van der Waals surface area contributed by atoms with E-state index in [-0.39, 0.29) is 6.04 Å². The quantitative estimate of drug-likeness (QED) is 0.734. The Morgan fingerprint density at radius 3 is 2.29 bits per heavy atom. The van der Waals surface area contributed by atoms with Crippen molar-refractivity contribution < 1.29 is 14.2 Å². The van der Waals surface area contributed by atoms with Crippen molar-refractivity contribution >= 4 is 11.4 Å². The number of likely N-dealkylation sites (N-methyl/N-ethyl adjacent to an activating group) is 1. The van der Waals surface area contributed by atoms with Crippen LogP contribution in [0, 0.1) is 5.53 Å². The van der Waals surface area contributed by atoms with Gasteiger partial charge in [0.05, 0.1) is 20.3 Å². The molecule has 0 fully saturated rings. The van der Waals surface area contributed by atoms with E-state index in [1.165, 1.54) is 0 Å². The third-order valence-electron chi connectivity index (χ3n) is 3.90. The highest BCUT2D eigenvalue weighted by Gasteiger charge is 2.13. The summed E-state index contributed by atoms with van der Waals surface area (Å²) >= 11 is 0. The van der Waals surface area contributed by atoms with Crippen LogP contribution in [0.2, 0.25) is 0 Å². The lowest BCUT2D eigenvalue weighted by atomic mass is 10.2. The summed E-state index contributed by atoms with van der Waals surface area (Å²) in [5, 5.41) is 3.45. The second kappa shape index (κ2) is 8.19. The van der Waals surface area contributed by atoms with E-state index in [0.717, 1.165) is 17.2 Å². The van der Waals surface area contributed by atoms with Crippen molar-refractivity contribution in [1.82, 2.24) is 0 Å². The molecule has 0 aliphatic carbocycles. The van der Waals surface area contributed by atoms with Gasteiger partial charge in [0.25, 0.3) is 0 Å². The van der Waals surface area contributed by atoms with Crippen molar-refractivity contribution in [3.05, 3.63) is 42.5 Å². The van der Waals surface area contributed by atoms with Gasteiger partial charge >= 0.3 is 0 Å². The van der Waals surface area contributed by atoms with Crippen molar-refractivity contribution in [2.45, 2.75) is 13.0 Å². The van der Waals surface area contributed by atoms with E-state index >= 15 is 0 Å². The Morgan fingerprint density at radius 1 is 1.04 bits per heavy atom. The highest BCUT2D eigenvalue weighted by Crippen LogP contribution is 2.32. The van der Waals surface area contributed by atoms with Crippen molar-refractivity contribution in [2.24, 2.45) is 5.11 Å². The summed E-state index contributed by atoms with van der Waals surface area (Å²) in [6.07, 6.45) is 0. The molecule has 0 aromatic heterocycles. The van der Waals surface area contributed by atoms with Crippen molar-refractivity contribution in [1.29, 1.82) is 5.53 Å². The summed E-state index contributed by atoms with van der Waals surface area (Å²) in [4.78, 5) is 2.10. The largest absolute Gasteiger partial charge is 0.497 e. The first-order chi connectivity index (χ1) is 11.6. The summed E-state index contributed by atoms with van der Waals surface area (Å²) in [7, 11) is 5.21. The number of rotatable bonds is 8. The Labute approximate surface area is 142 Å². The molecule has 2 aromatic carbocycles. The molecule has 1 unspecified atom stereocenters. The van der Waals surface area contributed by atoms with Crippen LogP contribution in [0.1, 0.15) is 6.92 Å². The standard InChI is InChI=1S/C18H23N3O3/c1-13(12-24-16-8-6-15(22-3)7-9-16)21(2)14-5-10-17(20-19)18(11-14)23-4/h5-11,13,19H,12H2,1-4H3. The number of anilines is 1. The zero-order valence-corrected chi connectivity index (χ0v) is 14.4. The predicted molar refractivity (Wildman–Crippen MR) is 94.2 cm³/mol. The number of ether oxygens (including phenoxy) is 3. The van der Waals surface area contributed by atoms with Crippen molar-refractivity contribution in [3.63, 3.8) is 0 Å². The molecule has 1 atom stereocenters. The molecule has 2 rings (SSSR count). The minimum Gasteiger partial charge on any atom is -0.497 e. The van der Waals surface area contributed by atoms with Gasteiger partial charge in [0.1, 0.15) is 29.5 Å². The normalized spacial score (nSPS) is 11.5. The minimum absolute atomic E-state index is 0.149. The Bertz CT molecular complexity index is 674. The first kappa shape index (κ1) is 17.6. The molecule has 1 N–H and O–H groups in total. The van der Waals surface area contributed by atoms with Gasteiger partial charge in [0.2, 0.25) is 0 Å². The summed E-state index contributed by atoms with van der Waals surface area (Å²) < 4.78 is 16.2. The summed E-state index contributed by atoms with van der Waals surface area (Å²) in [5.41, 5.74) is 8.63. The van der Waals surface area contributed by atoms with Crippen LogP contribution < -0.4 is 19.1 Å². The third kappa shape index (κ3) is 4.16. The molecule has 6 heteroatoms. The fourth-order valence-corrected chi connectivity index (χ4v) is 2.23. The van der Waals surface area contributed by atoms with Crippen LogP contribution in [-0.2, 0) is 0 Å². The zero-order valence-electron chi connectivity index (χ0n) is 14.4. The van der Waals surface area contributed by atoms with Gasteiger partial charge in [-0.1, -0.05) is 0 Å². The number of benzene rings is 2. The average molecular weight is 329 g/mol. The molecule has 0 heterocycles. The molecule has 128 valence electrons. The Balaban J connectivity index is 2.00. The van der Waals surface area contributed by atoms with Gasteiger partial charge in [0.15, 0.2) is 0 Å². The van der Waals surface area contributed by atoms with Gasteiger partial charge in [-0.05, 0) is 43.3 Å². The predicted octanol–water partition coefficient (Wildman–Crippen LogP) is 4.27. The monoisotopic (exact) mass is 329 g/mol. The van der Waals surface area contributed by atoms with E-state index in [1.54, 1.807) is 20.3 Å². The molecule has 0 radical (unpaired) electrons. The van der Waals surface area contributed by atoms with E-state index in [2.05, 4.69) is 16.9 Å². The van der Waals surface area contributed by atoms with Gasteiger partial charge in [-0.25, -0.2) is 5.53 Å². The molecule has 24 heavy (non-hydrogen) atoms. The van der Waals surface area contributed by atoms with Gasteiger partial charge in [-0.15, -0.1) is 0 Å². The van der Waals surface area contributed by atoms with Crippen molar-refractivity contribution in [3.8, 4) is 17.2 Å². The van der Waals surface area contributed by atoms with E-state index < -0.39 is 0 Å². The number of methoxy groups -OCH3 is 2. The summed E-state index contributed by atoms with van der Waals surface area (Å²) in [6.45, 7) is 2.62. The molecule has 0 bridgehead atoms. The molecule has 0 aliphatic heterocycles. The van der Waals surface area contributed by atoms with Crippen LogP contribution in [0.4, 0.5) is 11.4 Å². The first-order valence-electron chi connectivity index (χ1n) is 7.64. The smallest absolute Gasteiger partial charge is 0.148 e. The van der Waals surface area contributed by atoms with E-state index in [0.29, 0.717) is 18.0 Å². The maximum atomic E-state index is 7.14. The van der Waals surface area contributed by atoms with E-state index in [9.17, 15) is 0 Å². The van der Waals surface area contributed by atoms with Crippen LogP contribution in [0.15, 0.2) is 47.6 Å². The molecule has 6 nitrogen and oxygen atoms in total. The lowest BCUT2D eigenvalue weighted by Crippen LogP contribution is -2.34. The lowest BCUT2D eigenvalue weighted by molar-refractivity contribution is 0.292. The molecule has 0 aliphatic rings. The Morgan fingerprint density at radius 2 is 1.71 bits per heavy atom. The highest BCUT2D eigenvalue weighted by atomic mass is 16.5. The summed E-state index contributed by atoms with van der Waals surface area (Å²) in [5.74, 6) is 2.19. The van der Waals surface area contributed by atoms with E-state index in [1.807, 2.05) is 43.4 Å².